The third-order valence-corrected chi connectivity index (χ3v) is 7.25. The van der Waals surface area contributed by atoms with Gasteiger partial charge in [0.2, 0.25) is 0 Å². The summed E-state index contributed by atoms with van der Waals surface area (Å²) in [6, 6.07) is 29.2. The van der Waals surface area contributed by atoms with Crippen LogP contribution in [-0.4, -0.2) is 30.6 Å². The number of ether oxygens (including phenoxy) is 3. The normalized spacial score (nSPS) is 11.2. The van der Waals surface area contributed by atoms with E-state index in [1.807, 2.05) is 54.6 Å². The topological polar surface area (TPSA) is 86.8 Å². The summed E-state index contributed by atoms with van der Waals surface area (Å²) in [5.41, 5.74) is 2.89. The molecule has 0 aliphatic rings. The van der Waals surface area contributed by atoms with E-state index in [1.165, 1.54) is 11.3 Å². The van der Waals surface area contributed by atoms with E-state index in [2.05, 4.69) is 5.32 Å². The zero-order chi connectivity index (χ0) is 28.6. The number of fused-ring (bicyclic) bond motifs is 1. The molecule has 0 unspecified atom stereocenters. The van der Waals surface area contributed by atoms with Crippen LogP contribution < -0.4 is 14.8 Å². The quantitative estimate of drug-likeness (QED) is 0.168. The molecule has 1 N–H and O–H groups in total. The molecule has 1 heterocycles. The van der Waals surface area contributed by atoms with E-state index >= 15 is 0 Å². The van der Waals surface area contributed by atoms with Crippen molar-refractivity contribution in [1.82, 2.24) is 4.98 Å². The summed E-state index contributed by atoms with van der Waals surface area (Å²) in [5.74, 6) is 0.960. The van der Waals surface area contributed by atoms with Gasteiger partial charge in [0.15, 0.2) is 6.61 Å². The number of hydrogen-bond donors (Lipinski definition) is 1. The van der Waals surface area contributed by atoms with E-state index in [0.717, 1.165) is 15.8 Å². The number of benzene rings is 4. The fourth-order valence-electron chi connectivity index (χ4n) is 3.93. The highest BCUT2D eigenvalue weighted by Gasteiger charge is 2.16. The number of rotatable bonds is 10. The smallest absolute Gasteiger partial charge is 0.310 e. The van der Waals surface area contributed by atoms with Crippen molar-refractivity contribution in [2.45, 2.75) is 6.42 Å². The highest BCUT2D eigenvalue weighted by atomic mass is 35.5. The first kappa shape index (κ1) is 27.9. The molecule has 4 aromatic carbocycles. The van der Waals surface area contributed by atoms with Gasteiger partial charge in [0, 0.05) is 10.7 Å². The monoisotopic (exact) mass is 584 g/mol. The molecular weight excluding hydrogens is 560 g/mol. The van der Waals surface area contributed by atoms with Crippen LogP contribution in [0.4, 0.5) is 5.69 Å². The Morgan fingerprint density at radius 1 is 0.902 bits per heavy atom. The van der Waals surface area contributed by atoms with Crippen LogP contribution in [-0.2, 0) is 14.3 Å². The van der Waals surface area contributed by atoms with E-state index in [0.29, 0.717) is 38.5 Å². The Bertz CT molecular complexity index is 1660. The number of nitrogens with zero attached hydrogens (tertiary/aromatic N) is 1. The lowest BCUT2D eigenvalue weighted by atomic mass is 10.1. The van der Waals surface area contributed by atoms with Gasteiger partial charge in [0.1, 0.15) is 22.3 Å². The Kier molecular flexibility index (Phi) is 8.93. The number of esters is 1. The summed E-state index contributed by atoms with van der Waals surface area (Å²) < 4.78 is 17.4. The summed E-state index contributed by atoms with van der Waals surface area (Å²) in [7, 11) is 1.57. The average Bonchev–Trinajstić information content (AvgIpc) is 3.42. The van der Waals surface area contributed by atoms with Crippen LogP contribution in [0.3, 0.4) is 0 Å². The number of carbonyl (C=O) groups excluding carboxylic acids is 2. The van der Waals surface area contributed by atoms with E-state index < -0.39 is 18.5 Å². The number of methoxy groups -OCH3 is 1. The summed E-state index contributed by atoms with van der Waals surface area (Å²) in [5, 5.41) is 4.02. The summed E-state index contributed by atoms with van der Waals surface area (Å²) in [4.78, 5) is 30.0. The van der Waals surface area contributed by atoms with Gasteiger partial charge < -0.3 is 19.5 Å². The maximum Gasteiger partial charge on any atom is 0.310 e. The van der Waals surface area contributed by atoms with Gasteiger partial charge in [-0.25, -0.2) is 4.98 Å². The number of para-hydroxylation sites is 1. The first-order chi connectivity index (χ1) is 19.9. The minimum Gasteiger partial charge on any atom is -0.497 e. The second-order valence-electron chi connectivity index (χ2n) is 8.90. The minimum atomic E-state index is -0.547. The molecule has 5 rings (SSSR count). The third-order valence-electron chi connectivity index (χ3n) is 5.89. The van der Waals surface area contributed by atoms with Gasteiger partial charge in [-0.3, -0.25) is 9.59 Å². The van der Waals surface area contributed by atoms with E-state index in [1.54, 1.807) is 55.6 Å². The predicted molar refractivity (Wildman–Crippen MR) is 163 cm³/mol. The van der Waals surface area contributed by atoms with Crippen molar-refractivity contribution in [2.75, 3.05) is 19.0 Å². The third kappa shape index (κ3) is 7.72. The number of nitrogens with one attached hydrogen (secondary N) is 1. The van der Waals surface area contributed by atoms with Crippen LogP contribution in [0.2, 0.25) is 5.02 Å². The lowest BCUT2D eigenvalue weighted by Crippen LogP contribution is -2.20. The number of amides is 1. The van der Waals surface area contributed by atoms with E-state index in [4.69, 9.17) is 30.8 Å². The molecule has 0 spiro atoms. The van der Waals surface area contributed by atoms with Crippen molar-refractivity contribution in [3.8, 4) is 17.2 Å². The van der Waals surface area contributed by atoms with E-state index in [-0.39, 0.29) is 6.42 Å². The Labute approximate surface area is 246 Å². The Hall–Kier alpha value is -4.66. The number of aromatic nitrogens is 1. The van der Waals surface area contributed by atoms with Gasteiger partial charge in [0.05, 0.1) is 23.7 Å². The standard InChI is InChI=1S/C32H25ClN2O5S/c1-38-25-15-11-24(12-16-25)34-30(36)20-39-31(37)19-22(32-35-28-7-2-3-8-29(28)41-32)17-21-5-4-6-27(18-21)40-26-13-9-23(33)10-14-26/h2-18H,19-20H2,1H3,(H,34,36). The van der Waals surface area contributed by atoms with Crippen molar-refractivity contribution in [3.05, 3.63) is 113 Å². The molecule has 5 aromatic rings. The Morgan fingerprint density at radius 3 is 2.41 bits per heavy atom. The van der Waals surface area contributed by atoms with Crippen molar-refractivity contribution >= 4 is 62.4 Å². The highest BCUT2D eigenvalue weighted by molar-refractivity contribution is 7.19. The van der Waals surface area contributed by atoms with Gasteiger partial charge in [-0.2, -0.15) is 0 Å². The van der Waals surface area contributed by atoms with Crippen molar-refractivity contribution in [2.24, 2.45) is 0 Å². The number of anilines is 1. The number of carbonyl (C=O) groups is 2. The zero-order valence-electron chi connectivity index (χ0n) is 22.0. The van der Waals surface area contributed by atoms with Crippen LogP contribution in [0.25, 0.3) is 21.9 Å². The fraction of sp³-hybridized carbons (Fsp3) is 0.0938. The SMILES string of the molecule is COc1ccc(NC(=O)COC(=O)CC(=Cc2cccc(Oc3ccc(Cl)cc3)c2)c2nc3ccccc3s2)cc1. The largest absolute Gasteiger partial charge is 0.497 e. The number of hydrogen-bond acceptors (Lipinski definition) is 7. The molecule has 0 aliphatic heterocycles. The maximum absolute atomic E-state index is 12.9. The molecule has 1 amide bonds. The van der Waals surface area contributed by atoms with Crippen molar-refractivity contribution in [3.63, 3.8) is 0 Å². The van der Waals surface area contributed by atoms with Gasteiger partial charge >= 0.3 is 5.97 Å². The molecule has 1 aromatic heterocycles. The molecule has 0 bridgehead atoms. The van der Waals surface area contributed by atoms with Crippen molar-refractivity contribution in [1.29, 1.82) is 0 Å². The van der Waals surface area contributed by atoms with Crippen LogP contribution in [0.5, 0.6) is 17.2 Å². The van der Waals surface area contributed by atoms with Crippen LogP contribution >= 0.6 is 22.9 Å². The molecule has 0 aliphatic carbocycles. The average molecular weight is 585 g/mol. The fourth-order valence-corrected chi connectivity index (χ4v) is 5.03. The van der Waals surface area contributed by atoms with Gasteiger partial charge in [0.25, 0.3) is 5.91 Å². The Morgan fingerprint density at radius 2 is 1.66 bits per heavy atom. The van der Waals surface area contributed by atoms with Crippen molar-refractivity contribution < 1.29 is 23.8 Å². The maximum atomic E-state index is 12.9. The second kappa shape index (κ2) is 13.1. The number of thiazole rings is 1. The van der Waals surface area contributed by atoms with Crippen LogP contribution in [0.15, 0.2) is 97.1 Å². The molecule has 7 nitrogen and oxygen atoms in total. The van der Waals surface area contributed by atoms with Gasteiger partial charge in [-0.05, 0) is 90.0 Å². The van der Waals surface area contributed by atoms with Crippen LogP contribution in [0, 0.1) is 0 Å². The minimum absolute atomic E-state index is 0.0715. The lowest BCUT2D eigenvalue weighted by Gasteiger charge is -2.09. The summed E-state index contributed by atoms with van der Waals surface area (Å²) in [6.45, 7) is -0.414. The molecule has 0 saturated carbocycles. The first-order valence-corrected chi connectivity index (χ1v) is 13.8. The summed E-state index contributed by atoms with van der Waals surface area (Å²) >= 11 is 7.46. The number of halogens is 1. The van der Waals surface area contributed by atoms with Gasteiger partial charge in [-0.15, -0.1) is 11.3 Å². The second-order valence-corrected chi connectivity index (χ2v) is 10.4. The molecule has 0 atom stereocenters. The van der Waals surface area contributed by atoms with Crippen LogP contribution in [0.1, 0.15) is 17.0 Å². The first-order valence-electron chi connectivity index (χ1n) is 12.6. The lowest BCUT2D eigenvalue weighted by molar-refractivity contribution is -0.146. The van der Waals surface area contributed by atoms with Gasteiger partial charge in [-0.1, -0.05) is 35.9 Å². The molecule has 41 heavy (non-hydrogen) atoms. The molecule has 206 valence electrons. The molecule has 9 heteroatoms. The van der Waals surface area contributed by atoms with E-state index in [9.17, 15) is 9.59 Å². The molecule has 0 saturated heterocycles. The summed E-state index contributed by atoms with van der Waals surface area (Å²) in [6.07, 6.45) is 1.81. The zero-order valence-corrected chi connectivity index (χ0v) is 23.6. The Balaban J connectivity index is 1.32. The predicted octanol–water partition coefficient (Wildman–Crippen LogP) is 7.86. The molecule has 0 radical (unpaired) electrons. The molecule has 0 fully saturated rings. The molecular formula is C32H25ClN2O5S. The highest BCUT2D eigenvalue weighted by Crippen LogP contribution is 2.32.